The largest absolute Gasteiger partial charge is 1.00 e. The van der Waals surface area contributed by atoms with E-state index in [2.05, 4.69) is 19.2 Å². The SMILES string of the molecule is CC[NH2+]CC.[Cl-].[Cl-].[Hf]. The molecule has 0 bridgehead atoms. The Morgan fingerprint density at radius 3 is 1.25 bits per heavy atom. The first-order valence-electron chi connectivity index (χ1n) is 2.23. The molecule has 0 aliphatic heterocycles. The van der Waals surface area contributed by atoms with Crippen molar-refractivity contribution in [3.05, 3.63) is 0 Å². The Kier molecular flexibility index (Phi) is 67.5. The topological polar surface area (TPSA) is 16.6 Å². The van der Waals surface area contributed by atoms with Crippen molar-refractivity contribution in [1.29, 1.82) is 0 Å². The van der Waals surface area contributed by atoms with Gasteiger partial charge in [0.05, 0.1) is 13.1 Å². The Morgan fingerprint density at radius 1 is 1.00 bits per heavy atom. The number of rotatable bonds is 2. The average molecular weight is 324 g/mol. The second-order valence-electron chi connectivity index (χ2n) is 1.11. The van der Waals surface area contributed by atoms with Gasteiger partial charge in [0, 0.05) is 25.8 Å². The molecule has 0 saturated heterocycles. The van der Waals surface area contributed by atoms with E-state index >= 15 is 0 Å². The summed E-state index contributed by atoms with van der Waals surface area (Å²) in [5.41, 5.74) is 0. The molecule has 0 spiro atoms. The Morgan fingerprint density at radius 2 is 1.25 bits per heavy atom. The minimum Gasteiger partial charge on any atom is -1.00 e. The molecule has 0 aromatic heterocycles. The van der Waals surface area contributed by atoms with Gasteiger partial charge in [0.2, 0.25) is 0 Å². The van der Waals surface area contributed by atoms with E-state index in [9.17, 15) is 0 Å². The molecule has 0 radical (unpaired) electrons. The van der Waals surface area contributed by atoms with Crippen LogP contribution in [0.5, 0.6) is 0 Å². The van der Waals surface area contributed by atoms with E-state index in [1.54, 1.807) is 0 Å². The minimum atomic E-state index is 0. The fourth-order valence-corrected chi connectivity index (χ4v) is 0.289. The van der Waals surface area contributed by atoms with Crippen molar-refractivity contribution in [2.75, 3.05) is 13.1 Å². The number of quaternary nitrogens is 1. The van der Waals surface area contributed by atoms with Crippen LogP contribution in [0.3, 0.4) is 0 Å². The van der Waals surface area contributed by atoms with E-state index < -0.39 is 0 Å². The maximum absolute atomic E-state index is 2.25. The zero-order chi connectivity index (χ0) is 4.12. The molecule has 52 valence electrons. The van der Waals surface area contributed by atoms with Crippen molar-refractivity contribution < 1.29 is 56.0 Å². The average Bonchev–Trinajstić information content (AvgIpc) is 1.41. The van der Waals surface area contributed by atoms with Gasteiger partial charge in [-0.25, -0.2) is 0 Å². The van der Waals surface area contributed by atoms with Crippen molar-refractivity contribution in [2.45, 2.75) is 13.8 Å². The van der Waals surface area contributed by atoms with Crippen molar-refractivity contribution >= 4 is 0 Å². The molecule has 2 N–H and O–H groups in total. The molecule has 0 aromatic rings. The van der Waals surface area contributed by atoms with E-state index in [4.69, 9.17) is 0 Å². The molecule has 0 aromatic carbocycles. The summed E-state index contributed by atoms with van der Waals surface area (Å²) in [6.45, 7) is 6.75. The Balaban J connectivity index is -0.0000000267. The van der Waals surface area contributed by atoms with Crippen molar-refractivity contribution in [1.82, 2.24) is 0 Å². The first-order chi connectivity index (χ1) is 2.41. The molecule has 0 heterocycles. The maximum Gasteiger partial charge on any atom is 0.0726 e. The zero-order valence-electron chi connectivity index (χ0n) is 5.25. The van der Waals surface area contributed by atoms with Gasteiger partial charge in [0.15, 0.2) is 0 Å². The van der Waals surface area contributed by atoms with Crippen LogP contribution >= 0.6 is 0 Å². The normalized spacial score (nSPS) is 5.25. The molecule has 0 aliphatic rings. The van der Waals surface area contributed by atoms with Crippen molar-refractivity contribution in [3.63, 3.8) is 0 Å². The van der Waals surface area contributed by atoms with Crippen molar-refractivity contribution in [3.8, 4) is 0 Å². The molecular formula is C4H12Cl2HfN-. The van der Waals surface area contributed by atoms with Gasteiger partial charge in [-0.1, -0.05) is 0 Å². The van der Waals surface area contributed by atoms with Crippen LogP contribution in [0.1, 0.15) is 13.8 Å². The summed E-state index contributed by atoms with van der Waals surface area (Å²) in [5.74, 6) is 0. The van der Waals surface area contributed by atoms with E-state index in [0.29, 0.717) is 0 Å². The Hall–Kier alpha value is 1.41. The van der Waals surface area contributed by atoms with E-state index in [0.717, 1.165) is 0 Å². The Labute approximate surface area is 82.6 Å². The molecule has 0 rings (SSSR count). The van der Waals surface area contributed by atoms with Gasteiger partial charge in [-0.2, -0.15) is 0 Å². The number of hydrogen-bond acceptors (Lipinski definition) is 0. The molecule has 0 unspecified atom stereocenters. The third kappa shape index (κ3) is 26.2. The monoisotopic (exact) mass is 324 g/mol. The van der Waals surface area contributed by atoms with Gasteiger partial charge in [0.25, 0.3) is 0 Å². The first-order valence-corrected chi connectivity index (χ1v) is 2.23. The number of nitrogens with two attached hydrogens (primary N) is 1. The summed E-state index contributed by atoms with van der Waals surface area (Å²) in [6, 6.07) is 0. The van der Waals surface area contributed by atoms with Crippen LogP contribution in [0.25, 0.3) is 0 Å². The summed E-state index contributed by atoms with van der Waals surface area (Å²) in [4.78, 5) is 0. The minimum absolute atomic E-state index is 0. The zero-order valence-corrected chi connectivity index (χ0v) is 10.4. The standard InChI is InChI=1S/C4H11N.2ClH.Hf/c1-3-5-4-2;;;/h5H,3-4H2,1-2H3;2*1H;/p-1. The van der Waals surface area contributed by atoms with Gasteiger partial charge in [-0.15, -0.1) is 0 Å². The number of halogens is 2. The molecular weight excluding hydrogens is 311 g/mol. The van der Waals surface area contributed by atoms with Crippen LogP contribution in [0.4, 0.5) is 0 Å². The van der Waals surface area contributed by atoms with Gasteiger partial charge < -0.3 is 30.1 Å². The quantitative estimate of drug-likeness (QED) is 0.487. The molecule has 1 nitrogen and oxygen atoms in total. The summed E-state index contributed by atoms with van der Waals surface area (Å²) >= 11 is 0. The fourth-order valence-electron chi connectivity index (χ4n) is 0.289. The van der Waals surface area contributed by atoms with Crippen molar-refractivity contribution in [2.24, 2.45) is 0 Å². The van der Waals surface area contributed by atoms with E-state index in [-0.39, 0.29) is 50.7 Å². The first kappa shape index (κ1) is 22.7. The summed E-state index contributed by atoms with van der Waals surface area (Å²) in [7, 11) is 0. The van der Waals surface area contributed by atoms with E-state index in [1.807, 2.05) is 0 Å². The van der Waals surface area contributed by atoms with Crippen LogP contribution in [0.15, 0.2) is 0 Å². The second-order valence-corrected chi connectivity index (χ2v) is 1.11. The van der Waals surface area contributed by atoms with Gasteiger partial charge in [-0.3, -0.25) is 0 Å². The summed E-state index contributed by atoms with van der Waals surface area (Å²) < 4.78 is 0. The van der Waals surface area contributed by atoms with Crippen LogP contribution in [0.2, 0.25) is 0 Å². The fraction of sp³-hybridized carbons (Fsp3) is 1.00. The Bertz CT molecular complexity index is 21.5. The van der Waals surface area contributed by atoms with Gasteiger partial charge >= 0.3 is 0 Å². The molecule has 0 saturated carbocycles. The molecule has 0 fully saturated rings. The predicted octanol–water partition coefficient (Wildman–Crippen LogP) is -6.40. The maximum atomic E-state index is 2.25. The van der Waals surface area contributed by atoms with Gasteiger partial charge in [0.1, 0.15) is 0 Å². The molecule has 0 aliphatic carbocycles. The summed E-state index contributed by atoms with van der Waals surface area (Å²) in [6.07, 6.45) is 0. The molecule has 4 heteroatoms. The number of hydrogen-bond donors (Lipinski definition) is 1. The molecule has 0 atom stereocenters. The summed E-state index contributed by atoms with van der Waals surface area (Å²) in [5, 5.41) is 2.25. The van der Waals surface area contributed by atoms with Gasteiger partial charge in [-0.05, 0) is 13.8 Å². The van der Waals surface area contributed by atoms with Crippen LogP contribution in [0, 0.1) is 0 Å². The molecule has 8 heavy (non-hydrogen) atoms. The second kappa shape index (κ2) is 23.7. The predicted molar refractivity (Wildman–Crippen MR) is 23.0 cm³/mol. The van der Waals surface area contributed by atoms with Crippen LogP contribution in [-0.2, 0) is 25.8 Å². The third-order valence-corrected chi connectivity index (χ3v) is 0.577. The molecule has 0 amide bonds. The third-order valence-electron chi connectivity index (χ3n) is 0.577. The van der Waals surface area contributed by atoms with E-state index in [1.165, 1.54) is 13.1 Å². The van der Waals surface area contributed by atoms with Crippen LogP contribution in [-0.4, -0.2) is 13.1 Å². The smallest absolute Gasteiger partial charge is 0.0726 e. The van der Waals surface area contributed by atoms with Crippen LogP contribution < -0.4 is 30.1 Å².